The molecule has 6 nitrogen and oxygen atoms in total. The van der Waals surface area contributed by atoms with E-state index in [1.165, 1.54) is 16.9 Å². The van der Waals surface area contributed by atoms with Crippen molar-refractivity contribution in [3.8, 4) is 6.19 Å². The zero-order valence-corrected chi connectivity index (χ0v) is 17.8. The van der Waals surface area contributed by atoms with Crippen LogP contribution in [0.1, 0.15) is 64.9 Å². The Morgan fingerprint density at radius 1 is 1.14 bits per heavy atom. The van der Waals surface area contributed by atoms with Crippen LogP contribution in [0, 0.1) is 11.5 Å². The number of hydrogen-bond acceptors (Lipinski definition) is 4. The largest absolute Gasteiger partial charge is 0.352 e. The monoisotopic (exact) mass is 396 g/mol. The van der Waals surface area contributed by atoms with E-state index in [0.29, 0.717) is 18.7 Å². The predicted molar refractivity (Wildman–Crippen MR) is 113 cm³/mol. The standard InChI is InChI=1S/C23H32N4O2/c1-23(2,3)17-9-11-19(12-10-17)27(22(29)20-13-14-26(20)16-24)15-21(28)25-18-7-5-4-6-8-18/h9-12,18,20H,4-8,13-15H2,1-3H3,(H,25,28)/t20-/m1/s1. The third-order valence-electron chi connectivity index (χ3n) is 6.02. The van der Waals surface area contributed by atoms with Gasteiger partial charge in [0.15, 0.2) is 6.19 Å². The van der Waals surface area contributed by atoms with Gasteiger partial charge in [0, 0.05) is 18.3 Å². The maximum Gasteiger partial charge on any atom is 0.251 e. The number of anilines is 1. The van der Waals surface area contributed by atoms with Gasteiger partial charge in [0.2, 0.25) is 5.91 Å². The average Bonchev–Trinajstić information content (AvgIpc) is 2.66. The van der Waals surface area contributed by atoms with Crippen molar-refractivity contribution in [1.29, 1.82) is 5.26 Å². The van der Waals surface area contributed by atoms with Crippen LogP contribution in [0.2, 0.25) is 0 Å². The summed E-state index contributed by atoms with van der Waals surface area (Å²) in [4.78, 5) is 28.9. The molecule has 29 heavy (non-hydrogen) atoms. The van der Waals surface area contributed by atoms with Gasteiger partial charge in [0.1, 0.15) is 12.6 Å². The molecule has 1 saturated heterocycles. The fourth-order valence-electron chi connectivity index (χ4n) is 4.05. The first-order valence-electron chi connectivity index (χ1n) is 10.7. The minimum atomic E-state index is -0.468. The number of amides is 2. The van der Waals surface area contributed by atoms with Gasteiger partial charge in [-0.15, -0.1) is 0 Å². The van der Waals surface area contributed by atoms with Gasteiger partial charge in [-0.25, -0.2) is 0 Å². The van der Waals surface area contributed by atoms with Crippen LogP contribution in [-0.4, -0.2) is 41.9 Å². The summed E-state index contributed by atoms with van der Waals surface area (Å²) in [6.45, 7) is 7.00. The van der Waals surface area contributed by atoms with Crippen molar-refractivity contribution >= 4 is 17.5 Å². The molecule has 1 N–H and O–H groups in total. The number of rotatable bonds is 5. The number of nitrogens with zero attached hydrogens (tertiary/aromatic N) is 3. The smallest absolute Gasteiger partial charge is 0.251 e. The fourth-order valence-corrected chi connectivity index (χ4v) is 4.05. The molecule has 3 rings (SSSR count). The third kappa shape index (κ3) is 5.09. The van der Waals surface area contributed by atoms with Gasteiger partial charge in [-0.2, -0.15) is 5.26 Å². The molecule has 1 aliphatic carbocycles. The Labute approximate surface area is 173 Å². The second-order valence-corrected chi connectivity index (χ2v) is 9.22. The van der Waals surface area contributed by atoms with Gasteiger partial charge in [0.25, 0.3) is 5.91 Å². The van der Waals surface area contributed by atoms with E-state index in [1.807, 2.05) is 24.3 Å². The van der Waals surface area contributed by atoms with Crippen molar-refractivity contribution in [1.82, 2.24) is 10.2 Å². The first-order valence-corrected chi connectivity index (χ1v) is 10.7. The normalized spacial score (nSPS) is 19.8. The topological polar surface area (TPSA) is 76.4 Å². The maximum atomic E-state index is 13.2. The Hall–Kier alpha value is -2.55. The van der Waals surface area contributed by atoms with Crippen LogP contribution in [0.15, 0.2) is 24.3 Å². The van der Waals surface area contributed by atoms with Gasteiger partial charge in [-0.05, 0) is 42.4 Å². The number of nitriles is 1. The van der Waals surface area contributed by atoms with Crippen molar-refractivity contribution in [2.24, 2.45) is 0 Å². The highest BCUT2D eigenvalue weighted by Crippen LogP contribution is 2.27. The second kappa shape index (κ2) is 8.86. The Bertz CT molecular complexity index is 770. The number of nitrogens with one attached hydrogen (secondary N) is 1. The number of benzene rings is 1. The highest BCUT2D eigenvalue weighted by atomic mass is 16.2. The minimum absolute atomic E-state index is 0.0112. The maximum absolute atomic E-state index is 13.2. The van der Waals surface area contributed by atoms with Crippen LogP contribution in [-0.2, 0) is 15.0 Å². The summed E-state index contributed by atoms with van der Waals surface area (Å²) in [7, 11) is 0. The lowest BCUT2D eigenvalue weighted by Crippen LogP contribution is -2.56. The highest BCUT2D eigenvalue weighted by Gasteiger charge is 2.37. The quantitative estimate of drug-likeness (QED) is 0.775. The Morgan fingerprint density at radius 3 is 2.31 bits per heavy atom. The van der Waals surface area contributed by atoms with E-state index in [4.69, 9.17) is 0 Å². The molecule has 0 spiro atoms. The van der Waals surface area contributed by atoms with Gasteiger partial charge in [0.05, 0.1) is 0 Å². The van der Waals surface area contributed by atoms with Crippen LogP contribution >= 0.6 is 0 Å². The molecule has 2 fully saturated rings. The summed E-state index contributed by atoms with van der Waals surface area (Å²) in [6, 6.07) is 7.57. The number of hydrogen-bond donors (Lipinski definition) is 1. The summed E-state index contributed by atoms with van der Waals surface area (Å²) >= 11 is 0. The van der Waals surface area contributed by atoms with E-state index in [-0.39, 0.29) is 29.8 Å². The molecule has 1 aliphatic heterocycles. The molecule has 0 bridgehead atoms. The number of likely N-dealkylation sites (tertiary alicyclic amines) is 1. The van der Waals surface area contributed by atoms with Crippen molar-refractivity contribution in [3.05, 3.63) is 29.8 Å². The molecule has 1 atom stereocenters. The molecule has 2 aliphatic rings. The van der Waals surface area contributed by atoms with Crippen molar-refractivity contribution in [2.45, 2.75) is 76.8 Å². The minimum Gasteiger partial charge on any atom is -0.352 e. The zero-order chi connectivity index (χ0) is 21.0. The Kier molecular flexibility index (Phi) is 6.46. The highest BCUT2D eigenvalue weighted by molar-refractivity contribution is 6.02. The first kappa shape index (κ1) is 21.2. The fraction of sp³-hybridized carbons (Fsp3) is 0.609. The number of carbonyl (C=O) groups is 2. The second-order valence-electron chi connectivity index (χ2n) is 9.22. The van der Waals surface area contributed by atoms with Crippen molar-refractivity contribution < 1.29 is 9.59 Å². The third-order valence-corrected chi connectivity index (χ3v) is 6.02. The SMILES string of the molecule is CC(C)(C)c1ccc(N(CC(=O)NC2CCCCC2)C(=O)[C@H]2CCN2C#N)cc1. The van der Waals surface area contributed by atoms with Gasteiger partial charge in [-0.1, -0.05) is 52.2 Å². The van der Waals surface area contributed by atoms with Crippen LogP contribution in [0.25, 0.3) is 0 Å². The summed E-state index contributed by atoms with van der Waals surface area (Å²) in [5, 5.41) is 12.3. The predicted octanol–water partition coefficient (Wildman–Crippen LogP) is 3.32. The Morgan fingerprint density at radius 2 is 1.79 bits per heavy atom. The van der Waals surface area contributed by atoms with Gasteiger partial charge in [-0.3, -0.25) is 14.5 Å². The van der Waals surface area contributed by atoms with E-state index in [1.54, 1.807) is 4.90 Å². The molecule has 6 heteroatoms. The van der Waals surface area contributed by atoms with E-state index in [2.05, 4.69) is 32.3 Å². The summed E-state index contributed by atoms with van der Waals surface area (Å²) in [5.74, 6) is -0.312. The average molecular weight is 397 g/mol. The molecule has 2 amide bonds. The van der Waals surface area contributed by atoms with Gasteiger partial charge < -0.3 is 10.2 Å². The van der Waals surface area contributed by atoms with E-state index < -0.39 is 6.04 Å². The molecule has 0 aromatic heterocycles. The summed E-state index contributed by atoms with van der Waals surface area (Å²) in [6.07, 6.45) is 8.23. The van der Waals surface area contributed by atoms with Crippen LogP contribution < -0.4 is 10.2 Å². The van der Waals surface area contributed by atoms with E-state index in [0.717, 1.165) is 25.7 Å². The molecule has 0 unspecified atom stereocenters. The van der Waals surface area contributed by atoms with E-state index in [9.17, 15) is 14.9 Å². The zero-order valence-electron chi connectivity index (χ0n) is 17.8. The molecule has 156 valence electrons. The lowest BCUT2D eigenvalue weighted by Gasteiger charge is -2.38. The summed E-state index contributed by atoms with van der Waals surface area (Å²) < 4.78 is 0. The number of carbonyl (C=O) groups excluding carboxylic acids is 2. The van der Waals surface area contributed by atoms with Crippen LogP contribution in [0.5, 0.6) is 0 Å². The molecular formula is C23H32N4O2. The molecule has 1 saturated carbocycles. The lowest BCUT2D eigenvalue weighted by molar-refractivity contribution is -0.128. The molecule has 1 aromatic carbocycles. The van der Waals surface area contributed by atoms with Crippen molar-refractivity contribution in [3.63, 3.8) is 0 Å². The summed E-state index contributed by atoms with van der Waals surface area (Å²) in [5.41, 5.74) is 1.88. The van der Waals surface area contributed by atoms with Crippen molar-refractivity contribution in [2.75, 3.05) is 18.0 Å². The molecule has 0 radical (unpaired) electrons. The first-order chi connectivity index (χ1) is 13.8. The van der Waals surface area contributed by atoms with Crippen LogP contribution in [0.3, 0.4) is 0 Å². The van der Waals surface area contributed by atoms with E-state index >= 15 is 0 Å². The molecular weight excluding hydrogens is 364 g/mol. The van der Waals surface area contributed by atoms with Crippen LogP contribution in [0.4, 0.5) is 5.69 Å². The lowest BCUT2D eigenvalue weighted by atomic mass is 9.87. The molecule has 1 heterocycles. The Balaban J connectivity index is 1.77. The molecule has 1 aromatic rings. The van der Waals surface area contributed by atoms with Gasteiger partial charge >= 0.3 is 0 Å².